The van der Waals surface area contributed by atoms with Crippen LogP contribution in [0.15, 0.2) is 0 Å². The second-order valence-corrected chi connectivity index (χ2v) is 5.50. The third kappa shape index (κ3) is 6.19. The minimum absolute atomic E-state index is 0.0765. The summed E-state index contributed by atoms with van der Waals surface area (Å²) in [6.07, 6.45) is -3.73. The number of hydroxylamine groups is 2. The maximum atomic E-state index is 10.8. The lowest BCUT2D eigenvalue weighted by Crippen LogP contribution is -2.43. The number of aliphatic hydroxyl groups excluding tert-OH is 3. The predicted octanol–water partition coefficient (Wildman–Crippen LogP) is -1.50. The van der Waals surface area contributed by atoms with Crippen molar-refractivity contribution in [3.8, 4) is 0 Å². The number of hydrogen-bond donors (Lipinski definition) is 4. The van der Waals surface area contributed by atoms with Crippen LogP contribution in [0.25, 0.3) is 0 Å². The van der Waals surface area contributed by atoms with Crippen molar-refractivity contribution in [1.82, 2.24) is 5.06 Å². The maximum absolute atomic E-state index is 10.8. The van der Waals surface area contributed by atoms with Crippen LogP contribution in [0, 0.1) is 0 Å². The van der Waals surface area contributed by atoms with Gasteiger partial charge in [-0.05, 0) is 13.1 Å². The first-order valence-electron chi connectivity index (χ1n) is 4.83. The fraction of sp³-hybridized carbons (Fsp3) is 0.875. The zero-order valence-corrected chi connectivity index (χ0v) is 9.98. The summed E-state index contributed by atoms with van der Waals surface area (Å²) in [7, 11) is -1.73. The molecule has 1 unspecified atom stereocenters. The van der Waals surface area contributed by atoms with Gasteiger partial charge in [0, 0.05) is 6.16 Å². The summed E-state index contributed by atoms with van der Waals surface area (Å²) < 4.78 is 10.8. The van der Waals surface area contributed by atoms with Gasteiger partial charge in [-0.3, -0.25) is 10.0 Å². The quantitative estimate of drug-likeness (QED) is 0.181. The molecular formula is C8H18NO6P. The highest BCUT2D eigenvalue weighted by Crippen LogP contribution is 2.17. The standard InChI is InChI=1S/C8H18NO6P/c1-16(15)3-2-6(11)8(13)7(12)4-9(14)5-10/h5-8,11-14,16H,2-4H2,1H3/t6-,7+,8-/m1/s1. The summed E-state index contributed by atoms with van der Waals surface area (Å²) >= 11 is 0. The molecule has 1 amide bonds. The lowest BCUT2D eigenvalue weighted by molar-refractivity contribution is -0.163. The number of rotatable bonds is 8. The molecule has 0 bridgehead atoms. The van der Waals surface area contributed by atoms with E-state index in [1.807, 2.05) is 0 Å². The van der Waals surface area contributed by atoms with E-state index in [1.165, 1.54) is 6.66 Å². The molecule has 0 aliphatic carbocycles. The Kier molecular flexibility index (Phi) is 7.53. The first-order chi connectivity index (χ1) is 7.38. The van der Waals surface area contributed by atoms with E-state index in [0.29, 0.717) is 0 Å². The van der Waals surface area contributed by atoms with Gasteiger partial charge in [0.05, 0.1) is 20.4 Å². The molecule has 8 heteroatoms. The van der Waals surface area contributed by atoms with Crippen molar-refractivity contribution in [2.75, 3.05) is 19.4 Å². The molecule has 0 aromatic carbocycles. The Bertz CT molecular complexity index is 239. The van der Waals surface area contributed by atoms with Crippen molar-refractivity contribution in [2.45, 2.75) is 24.7 Å². The van der Waals surface area contributed by atoms with E-state index >= 15 is 0 Å². The van der Waals surface area contributed by atoms with Crippen molar-refractivity contribution in [3.63, 3.8) is 0 Å². The Labute approximate surface area is 94.1 Å². The lowest BCUT2D eigenvalue weighted by Gasteiger charge is -2.24. The lowest BCUT2D eigenvalue weighted by atomic mass is 10.1. The van der Waals surface area contributed by atoms with Crippen molar-refractivity contribution in [3.05, 3.63) is 0 Å². The first kappa shape index (κ1) is 15.5. The maximum Gasteiger partial charge on any atom is 0.233 e. The normalized spacial score (nSPS) is 18.6. The van der Waals surface area contributed by atoms with Gasteiger partial charge in [-0.1, -0.05) is 0 Å². The van der Waals surface area contributed by atoms with Crippen LogP contribution >= 0.6 is 7.80 Å². The third-order valence-electron chi connectivity index (χ3n) is 2.08. The van der Waals surface area contributed by atoms with Crippen LogP contribution in [0.4, 0.5) is 0 Å². The summed E-state index contributed by atoms with van der Waals surface area (Å²) in [5.74, 6) is 0. The summed E-state index contributed by atoms with van der Waals surface area (Å²) in [5.41, 5.74) is 0. The molecule has 4 atom stereocenters. The second kappa shape index (κ2) is 7.76. The van der Waals surface area contributed by atoms with E-state index in [1.54, 1.807) is 0 Å². The fourth-order valence-corrected chi connectivity index (χ4v) is 1.82. The van der Waals surface area contributed by atoms with E-state index < -0.39 is 32.7 Å². The van der Waals surface area contributed by atoms with Crippen LogP contribution in [0.2, 0.25) is 0 Å². The number of nitrogens with zero attached hydrogens (tertiary/aromatic N) is 1. The monoisotopic (exact) mass is 255 g/mol. The number of amides is 1. The molecule has 0 rings (SSSR count). The van der Waals surface area contributed by atoms with E-state index in [2.05, 4.69) is 0 Å². The van der Waals surface area contributed by atoms with Gasteiger partial charge in [-0.25, -0.2) is 5.06 Å². The molecule has 0 fully saturated rings. The highest BCUT2D eigenvalue weighted by atomic mass is 31.1. The van der Waals surface area contributed by atoms with Gasteiger partial charge >= 0.3 is 0 Å². The molecule has 0 radical (unpaired) electrons. The second-order valence-electron chi connectivity index (χ2n) is 3.59. The minimum Gasteiger partial charge on any atom is -0.390 e. The van der Waals surface area contributed by atoms with Crippen molar-refractivity contribution in [1.29, 1.82) is 0 Å². The fourth-order valence-electron chi connectivity index (χ4n) is 1.12. The SMILES string of the molecule is C[PH](=O)CC[C@@H](O)[C@@H](O)[C@@H](O)CN(O)C=O. The van der Waals surface area contributed by atoms with Crippen molar-refractivity contribution in [2.24, 2.45) is 0 Å². The average Bonchev–Trinajstić information content (AvgIpc) is 2.24. The van der Waals surface area contributed by atoms with Crippen molar-refractivity contribution >= 4 is 14.2 Å². The average molecular weight is 255 g/mol. The number of aliphatic hydroxyl groups is 3. The van der Waals surface area contributed by atoms with Gasteiger partial charge < -0.3 is 19.9 Å². The van der Waals surface area contributed by atoms with Gasteiger partial charge in [0.1, 0.15) is 12.2 Å². The molecule has 0 saturated carbocycles. The molecule has 0 aliphatic rings. The van der Waals surface area contributed by atoms with E-state index in [-0.39, 0.29) is 24.1 Å². The van der Waals surface area contributed by atoms with Gasteiger partial charge in [0.25, 0.3) is 0 Å². The minimum atomic E-state index is -1.73. The summed E-state index contributed by atoms with van der Waals surface area (Å²) in [6.45, 7) is 1.03. The topological polar surface area (TPSA) is 118 Å². The molecule has 0 spiro atoms. The van der Waals surface area contributed by atoms with Crippen LogP contribution in [-0.4, -0.2) is 69.7 Å². The highest BCUT2D eigenvalue weighted by Gasteiger charge is 2.25. The smallest absolute Gasteiger partial charge is 0.233 e. The van der Waals surface area contributed by atoms with Gasteiger partial charge in [-0.15, -0.1) is 0 Å². The van der Waals surface area contributed by atoms with Gasteiger partial charge in [-0.2, -0.15) is 0 Å². The van der Waals surface area contributed by atoms with Crippen LogP contribution in [-0.2, 0) is 9.36 Å². The van der Waals surface area contributed by atoms with Gasteiger partial charge in [0.15, 0.2) is 0 Å². The highest BCUT2D eigenvalue weighted by molar-refractivity contribution is 7.43. The van der Waals surface area contributed by atoms with E-state index in [9.17, 15) is 24.7 Å². The molecular weight excluding hydrogens is 237 g/mol. The largest absolute Gasteiger partial charge is 0.390 e. The molecule has 0 aromatic heterocycles. The van der Waals surface area contributed by atoms with E-state index in [4.69, 9.17) is 5.21 Å². The van der Waals surface area contributed by atoms with Gasteiger partial charge in [0.2, 0.25) is 6.41 Å². The van der Waals surface area contributed by atoms with Crippen LogP contribution < -0.4 is 0 Å². The molecule has 0 saturated heterocycles. The molecule has 0 aliphatic heterocycles. The predicted molar refractivity (Wildman–Crippen MR) is 57.0 cm³/mol. The Balaban J connectivity index is 4.04. The zero-order chi connectivity index (χ0) is 12.7. The first-order valence-corrected chi connectivity index (χ1v) is 6.94. The molecule has 4 N–H and O–H groups in total. The summed E-state index contributed by atoms with van der Waals surface area (Å²) in [5, 5.41) is 37.0. The van der Waals surface area contributed by atoms with Crippen LogP contribution in [0.5, 0.6) is 0 Å². The number of hydrogen-bond acceptors (Lipinski definition) is 6. The zero-order valence-electron chi connectivity index (χ0n) is 8.98. The molecule has 96 valence electrons. The Morgan fingerprint density at radius 3 is 2.31 bits per heavy atom. The number of carbonyl (C=O) groups is 1. The Hall–Kier alpha value is -0.460. The summed E-state index contributed by atoms with van der Waals surface area (Å²) in [6, 6.07) is 0. The molecule has 0 aromatic rings. The number of carbonyl (C=O) groups excluding carboxylic acids is 1. The molecule has 16 heavy (non-hydrogen) atoms. The van der Waals surface area contributed by atoms with E-state index in [0.717, 1.165) is 0 Å². The third-order valence-corrected chi connectivity index (χ3v) is 3.07. The Morgan fingerprint density at radius 2 is 1.88 bits per heavy atom. The van der Waals surface area contributed by atoms with Crippen LogP contribution in [0.3, 0.4) is 0 Å². The molecule has 7 nitrogen and oxygen atoms in total. The van der Waals surface area contributed by atoms with Crippen molar-refractivity contribution < 1.29 is 29.9 Å². The molecule has 0 heterocycles. The summed E-state index contributed by atoms with van der Waals surface area (Å²) in [4.78, 5) is 10.0. The van der Waals surface area contributed by atoms with Crippen LogP contribution in [0.1, 0.15) is 6.42 Å². The Morgan fingerprint density at radius 1 is 1.31 bits per heavy atom.